The fraction of sp³-hybridized carbons (Fsp3) is 1.00. The fourth-order valence-electron chi connectivity index (χ4n) is 3.74. The Morgan fingerprint density at radius 3 is 2.81 bits per heavy atom. The number of hydrogen-bond acceptors (Lipinski definition) is 2. The predicted octanol–water partition coefficient (Wildman–Crippen LogP) is 2.83. The first-order valence-electron chi connectivity index (χ1n) is 6.78. The van der Waals surface area contributed by atoms with Gasteiger partial charge in [0.25, 0.3) is 0 Å². The van der Waals surface area contributed by atoms with Crippen molar-refractivity contribution in [3.63, 3.8) is 0 Å². The Bertz CT molecular complexity index is 239. The van der Waals surface area contributed by atoms with Crippen molar-refractivity contribution in [3.05, 3.63) is 0 Å². The van der Waals surface area contributed by atoms with E-state index in [1.807, 2.05) is 0 Å². The van der Waals surface area contributed by atoms with Gasteiger partial charge in [-0.25, -0.2) is 0 Å². The first-order valence-corrected chi connectivity index (χ1v) is 6.78. The minimum Gasteiger partial charge on any atom is -0.383 e. The molecule has 2 rings (SSSR count). The fourth-order valence-corrected chi connectivity index (χ4v) is 3.74. The zero-order valence-corrected chi connectivity index (χ0v) is 11.1. The van der Waals surface area contributed by atoms with Crippen molar-refractivity contribution in [1.29, 1.82) is 0 Å². The zero-order chi connectivity index (χ0) is 11.6. The standard InChI is InChI=1S/C14H27NO/c1-13(2)5-4-6-14(11-13)9-12(14)10-15-7-8-16-3/h12,15H,4-11H2,1-3H3. The van der Waals surface area contributed by atoms with E-state index in [1.165, 1.54) is 38.6 Å². The minimum absolute atomic E-state index is 0.597. The van der Waals surface area contributed by atoms with E-state index < -0.39 is 0 Å². The zero-order valence-electron chi connectivity index (χ0n) is 11.1. The van der Waals surface area contributed by atoms with Crippen LogP contribution >= 0.6 is 0 Å². The Hall–Kier alpha value is -0.0800. The van der Waals surface area contributed by atoms with Gasteiger partial charge in [-0.05, 0) is 49.0 Å². The van der Waals surface area contributed by atoms with Crippen LogP contribution in [0.3, 0.4) is 0 Å². The maximum absolute atomic E-state index is 5.05. The van der Waals surface area contributed by atoms with Crippen molar-refractivity contribution in [2.24, 2.45) is 16.7 Å². The average Bonchev–Trinajstić information content (AvgIpc) is 2.84. The van der Waals surface area contributed by atoms with Crippen LogP contribution in [0.4, 0.5) is 0 Å². The van der Waals surface area contributed by atoms with Crippen molar-refractivity contribution in [2.45, 2.75) is 46.0 Å². The molecular formula is C14H27NO. The van der Waals surface area contributed by atoms with Crippen LogP contribution in [0.15, 0.2) is 0 Å². The van der Waals surface area contributed by atoms with Crippen LogP contribution in [0.25, 0.3) is 0 Å². The van der Waals surface area contributed by atoms with Crippen LogP contribution in [-0.4, -0.2) is 26.8 Å². The Morgan fingerprint density at radius 2 is 2.12 bits per heavy atom. The number of rotatable bonds is 5. The first kappa shape index (κ1) is 12.4. The third kappa shape index (κ3) is 2.78. The lowest BCUT2D eigenvalue weighted by molar-refractivity contribution is 0.150. The van der Waals surface area contributed by atoms with E-state index in [0.717, 1.165) is 24.5 Å². The summed E-state index contributed by atoms with van der Waals surface area (Å²) in [6.45, 7) is 7.94. The lowest BCUT2D eigenvalue weighted by atomic mass is 9.69. The Kier molecular flexibility index (Phi) is 3.60. The average molecular weight is 225 g/mol. The molecule has 94 valence electrons. The minimum atomic E-state index is 0.597. The topological polar surface area (TPSA) is 21.3 Å². The summed E-state index contributed by atoms with van der Waals surface area (Å²) in [5.41, 5.74) is 1.32. The molecule has 1 N–H and O–H groups in total. The van der Waals surface area contributed by atoms with Gasteiger partial charge in [-0.1, -0.05) is 20.3 Å². The molecule has 2 nitrogen and oxygen atoms in total. The highest BCUT2D eigenvalue weighted by Crippen LogP contribution is 2.64. The number of hydrogen-bond donors (Lipinski definition) is 1. The van der Waals surface area contributed by atoms with E-state index in [-0.39, 0.29) is 0 Å². The van der Waals surface area contributed by atoms with Gasteiger partial charge in [-0.3, -0.25) is 0 Å². The lowest BCUT2D eigenvalue weighted by Gasteiger charge is -2.36. The van der Waals surface area contributed by atoms with Crippen LogP contribution in [0.2, 0.25) is 0 Å². The lowest BCUT2D eigenvalue weighted by Crippen LogP contribution is -2.28. The van der Waals surface area contributed by atoms with Crippen molar-refractivity contribution in [3.8, 4) is 0 Å². The van der Waals surface area contributed by atoms with E-state index in [4.69, 9.17) is 4.74 Å². The molecule has 0 aromatic heterocycles. The number of nitrogens with one attached hydrogen (secondary N) is 1. The highest BCUT2D eigenvalue weighted by atomic mass is 16.5. The molecule has 0 aliphatic heterocycles. The number of methoxy groups -OCH3 is 1. The summed E-state index contributed by atoms with van der Waals surface area (Å²) in [7, 11) is 1.77. The van der Waals surface area contributed by atoms with Crippen molar-refractivity contribution >= 4 is 0 Å². The van der Waals surface area contributed by atoms with E-state index in [0.29, 0.717) is 5.41 Å². The predicted molar refractivity (Wildman–Crippen MR) is 67.5 cm³/mol. The van der Waals surface area contributed by atoms with Crippen LogP contribution in [-0.2, 0) is 4.74 Å². The van der Waals surface area contributed by atoms with Gasteiger partial charge < -0.3 is 10.1 Å². The summed E-state index contributed by atoms with van der Waals surface area (Å²) in [6, 6.07) is 0. The molecule has 2 fully saturated rings. The van der Waals surface area contributed by atoms with Crippen molar-refractivity contribution in [1.82, 2.24) is 5.32 Å². The molecule has 0 aromatic rings. The molecule has 2 atom stereocenters. The highest BCUT2D eigenvalue weighted by molar-refractivity contribution is 5.07. The summed E-state index contributed by atoms with van der Waals surface area (Å²) >= 11 is 0. The highest BCUT2D eigenvalue weighted by Gasteiger charge is 2.56. The molecule has 2 heteroatoms. The second-order valence-electron chi connectivity index (χ2n) is 6.65. The molecule has 0 aromatic carbocycles. The van der Waals surface area contributed by atoms with Gasteiger partial charge in [0, 0.05) is 13.7 Å². The number of ether oxygens (including phenoxy) is 1. The first-order chi connectivity index (χ1) is 7.58. The third-order valence-electron chi connectivity index (χ3n) is 4.59. The Morgan fingerprint density at radius 1 is 1.31 bits per heavy atom. The van der Waals surface area contributed by atoms with E-state index >= 15 is 0 Å². The van der Waals surface area contributed by atoms with Gasteiger partial charge in [0.05, 0.1) is 6.61 Å². The maximum Gasteiger partial charge on any atom is 0.0587 e. The Balaban J connectivity index is 1.72. The smallest absolute Gasteiger partial charge is 0.0587 e. The van der Waals surface area contributed by atoms with Gasteiger partial charge in [-0.2, -0.15) is 0 Å². The summed E-state index contributed by atoms with van der Waals surface area (Å²) in [4.78, 5) is 0. The maximum atomic E-state index is 5.05. The van der Waals surface area contributed by atoms with Gasteiger partial charge in [0.1, 0.15) is 0 Å². The molecule has 0 radical (unpaired) electrons. The van der Waals surface area contributed by atoms with Gasteiger partial charge in [0.15, 0.2) is 0 Å². The normalized spacial score (nSPS) is 36.6. The van der Waals surface area contributed by atoms with Crippen LogP contribution in [0, 0.1) is 16.7 Å². The van der Waals surface area contributed by atoms with Crippen molar-refractivity contribution in [2.75, 3.05) is 26.8 Å². The van der Waals surface area contributed by atoms with E-state index in [1.54, 1.807) is 7.11 Å². The monoisotopic (exact) mass is 225 g/mol. The van der Waals surface area contributed by atoms with Gasteiger partial charge in [-0.15, -0.1) is 0 Å². The molecule has 0 heterocycles. The molecule has 1 spiro atoms. The molecule has 16 heavy (non-hydrogen) atoms. The summed E-state index contributed by atoms with van der Waals surface area (Å²) in [6.07, 6.45) is 7.28. The molecular weight excluding hydrogens is 198 g/mol. The molecule has 2 aliphatic carbocycles. The quantitative estimate of drug-likeness (QED) is 0.726. The summed E-state index contributed by atoms with van der Waals surface area (Å²) in [5.74, 6) is 0.948. The Labute approximate surface area is 100 Å². The second kappa shape index (κ2) is 4.66. The van der Waals surface area contributed by atoms with E-state index in [2.05, 4.69) is 19.2 Å². The largest absolute Gasteiger partial charge is 0.383 e. The second-order valence-corrected chi connectivity index (χ2v) is 6.65. The van der Waals surface area contributed by atoms with Crippen LogP contribution in [0.1, 0.15) is 46.0 Å². The molecule has 0 bridgehead atoms. The van der Waals surface area contributed by atoms with Crippen LogP contribution < -0.4 is 5.32 Å². The van der Waals surface area contributed by atoms with E-state index in [9.17, 15) is 0 Å². The summed E-state index contributed by atoms with van der Waals surface area (Å²) in [5, 5.41) is 3.52. The van der Waals surface area contributed by atoms with Crippen molar-refractivity contribution < 1.29 is 4.74 Å². The molecule has 0 saturated heterocycles. The molecule has 0 amide bonds. The molecule has 2 saturated carbocycles. The van der Waals surface area contributed by atoms with Crippen LogP contribution in [0.5, 0.6) is 0 Å². The molecule has 2 aliphatic rings. The van der Waals surface area contributed by atoms with Gasteiger partial charge >= 0.3 is 0 Å². The van der Waals surface area contributed by atoms with Gasteiger partial charge in [0.2, 0.25) is 0 Å². The SMILES string of the molecule is COCCNCC1CC12CCCC(C)(C)C2. The summed E-state index contributed by atoms with van der Waals surface area (Å²) < 4.78 is 5.05. The molecule has 2 unspecified atom stereocenters. The third-order valence-corrected chi connectivity index (χ3v) is 4.59.